The van der Waals surface area contributed by atoms with Crippen LogP contribution in [-0.2, 0) is 4.79 Å². The summed E-state index contributed by atoms with van der Waals surface area (Å²) in [5.74, 6) is -0.872. The molecule has 0 radical (unpaired) electrons. The van der Waals surface area contributed by atoms with Crippen LogP contribution in [-0.4, -0.2) is 22.6 Å². The Bertz CT molecular complexity index is 548. The van der Waals surface area contributed by atoms with Crippen LogP contribution in [0.5, 0.6) is 5.75 Å². The van der Waals surface area contributed by atoms with Gasteiger partial charge in [0, 0.05) is 11.6 Å². The van der Waals surface area contributed by atoms with E-state index in [4.69, 9.17) is 9.84 Å². The van der Waals surface area contributed by atoms with Gasteiger partial charge in [0.15, 0.2) is 5.75 Å². The number of aliphatic carboxylic acids is 1. The first-order chi connectivity index (χ1) is 8.82. The van der Waals surface area contributed by atoms with Crippen LogP contribution in [0.25, 0.3) is 0 Å². The van der Waals surface area contributed by atoms with Gasteiger partial charge < -0.3 is 9.84 Å². The van der Waals surface area contributed by atoms with Crippen molar-refractivity contribution in [3.63, 3.8) is 0 Å². The van der Waals surface area contributed by atoms with Crippen LogP contribution in [0.4, 0.5) is 5.69 Å². The highest BCUT2D eigenvalue weighted by molar-refractivity contribution is 5.85. The molecule has 6 nitrogen and oxygen atoms in total. The topological polar surface area (TPSA) is 89.7 Å². The van der Waals surface area contributed by atoms with E-state index in [2.05, 4.69) is 0 Å². The average Bonchev–Trinajstić information content (AvgIpc) is 2.30. The summed E-state index contributed by atoms with van der Waals surface area (Å²) in [6, 6.07) is 3.20. The number of nitrogens with zero attached hydrogens (tertiary/aromatic N) is 1. The molecule has 1 aromatic carbocycles. The first-order valence-corrected chi connectivity index (χ1v) is 5.61. The lowest BCUT2D eigenvalue weighted by molar-refractivity contribution is -0.385. The second-order valence-electron chi connectivity index (χ2n) is 4.19. The average molecular weight is 265 g/mol. The normalized spacial score (nSPS) is 11.2. The lowest BCUT2D eigenvalue weighted by atomic mass is 10.1. The second-order valence-corrected chi connectivity index (χ2v) is 4.19. The van der Waals surface area contributed by atoms with Crippen molar-refractivity contribution in [1.82, 2.24) is 0 Å². The molecule has 0 unspecified atom stereocenters. The van der Waals surface area contributed by atoms with Crippen molar-refractivity contribution < 1.29 is 19.6 Å². The number of carboxylic acid groups (broad SMARTS) is 1. The van der Waals surface area contributed by atoms with Crippen LogP contribution in [0.1, 0.15) is 18.1 Å². The van der Waals surface area contributed by atoms with Crippen LogP contribution in [0.3, 0.4) is 0 Å². The Labute approximate surface area is 110 Å². The minimum Gasteiger partial charge on any atom is -0.482 e. The van der Waals surface area contributed by atoms with E-state index in [1.807, 2.05) is 0 Å². The van der Waals surface area contributed by atoms with Gasteiger partial charge in [-0.25, -0.2) is 4.79 Å². The maximum atomic E-state index is 10.9. The first-order valence-electron chi connectivity index (χ1n) is 5.61. The SMILES string of the molecule is CC(=CCOc1c(C)cc(C)cc1[N+](=O)[O-])C(=O)O. The zero-order chi connectivity index (χ0) is 14.6. The van der Waals surface area contributed by atoms with Crippen molar-refractivity contribution in [2.75, 3.05) is 6.61 Å². The molecule has 0 heterocycles. The maximum absolute atomic E-state index is 10.9. The van der Waals surface area contributed by atoms with E-state index in [-0.39, 0.29) is 23.6 Å². The number of hydrogen-bond donors (Lipinski definition) is 1. The predicted molar refractivity (Wildman–Crippen MR) is 69.5 cm³/mol. The number of nitro groups is 1. The van der Waals surface area contributed by atoms with Gasteiger partial charge in [-0.05, 0) is 38.0 Å². The van der Waals surface area contributed by atoms with Gasteiger partial charge in [0.1, 0.15) is 6.61 Å². The summed E-state index contributed by atoms with van der Waals surface area (Å²) in [6.45, 7) is 4.88. The summed E-state index contributed by atoms with van der Waals surface area (Å²) < 4.78 is 5.32. The largest absolute Gasteiger partial charge is 0.482 e. The third-order valence-corrected chi connectivity index (χ3v) is 2.55. The molecule has 0 atom stereocenters. The van der Waals surface area contributed by atoms with E-state index in [0.29, 0.717) is 5.56 Å². The summed E-state index contributed by atoms with van der Waals surface area (Å²) in [7, 11) is 0. The van der Waals surface area contributed by atoms with Crippen molar-refractivity contribution in [3.05, 3.63) is 45.0 Å². The molecule has 19 heavy (non-hydrogen) atoms. The van der Waals surface area contributed by atoms with Crippen molar-refractivity contribution in [1.29, 1.82) is 0 Å². The molecule has 0 amide bonds. The molecule has 0 fully saturated rings. The van der Waals surface area contributed by atoms with Crippen LogP contribution in [0, 0.1) is 24.0 Å². The monoisotopic (exact) mass is 265 g/mol. The molecule has 0 saturated carbocycles. The minimum absolute atomic E-state index is 0.0249. The number of nitro benzene ring substituents is 1. The predicted octanol–water partition coefficient (Wildman–Crippen LogP) is 2.62. The smallest absolute Gasteiger partial charge is 0.331 e. The second kappa shape index (κ2) is 5.99. The van der Waals surface area contributed by atoms with Crippen LogP contribution in [0.15, 0.2) is 23.8 Å². The van der Waals surface area contributed by atoms with Crippen molar-refractivity contribution in [2.45, 2.75) is 20.8 Å². The number of carboxylic acids is 1. The molecule has 6 heteroatoms. The molecule has 102 valence electrons. The summed E-state index contributed by atoms with van der Waals surface area (Å²) in [5, 5.41) is 19.6. The summed E-state index contributed by atoms with van der Waals surface area (Å²) in [6.07, 6.45) is 1.37. The van der Waals surface area contributed by atoms with Crippen molar-refractivity contribution in [3.8, 4) is 5.75 Å². The number of aryl methyl sites for hydroxylation is 2. The highest BCUT2D eigenvalue weighted by atomic mass is 16.6. The fourth-order valence-electron chi connectivity index (χ4n) is 1.59. The third-order valence-electron chi connectivity index (χ3n) is 2.55. The van der Waals surface area contributed by atoms with E-state index >= 15 is 0 Å². The quantitative estimate of drug-likeness (QED) is 0.502. The van der Waals surface area contributed by atoms with Gasteiger partial charge >= 0.3 is 11.7 Å². The molecule has 0 aromatic heterocycles. The van der Waals surface area contributed by atoms with E-state index in [1.165, 1.54) is 19.1 Å². The number of hydrogen-bond acceptors (Lipinski definition) is 4. The molecule has 0 spiro atoms. The van der Waals surface area contributed by atoms with Crippen LogP contribution < -0.4 is 4.74 Å². The molecule has 0 aliphatic carbocycles. The Kier molecular flexibility index (Phi) is 4.63. The minimum atomic E-state index is -1.04. The maximum Gasteiger partial charge on any atom is 0.331 e. The number of ether oxygens (including phenoxy) is 1. The van der Waals surface area contributed by atoms with Gasteiger partial charge in [0.05, 0.1) is 4.92 Å². The van der Waals surface area contributed by atoms with E-state index in [0.717, 1.165) is 5.56 Å². The van der Waals surface area contributed by atoms with Gasteiger partial charge in [0.25, 0.3) is 0 Å². The van der Waals surface area contributed by atoms with Crippen molar-refractivity contribution in [2.24, 2.45) is 0 Å². The molecule has 1 rings (SSSR count). The Morgan fingerprint density at radius 1 is 1.47 bits per heavy atom. The summed E-state index contributed by atoms with van der Waals surface area (Å²) in [5.41, 5.74) is 1.44. The van der Waals surface area contributed by atoms with Crippen LogP contribution in [0.2, 0.25) is 0 Å². The lowest BCUT2D eigenvalue weighted by Crippen LogP contribution is -2.04. The van der Waals surface area contributed by atoms with E-state index < -0.39 is 10.9 Å². The molecule has 0 aliphatic rings. The Hall–Kier alpha value is -2.37. The van der Waals surface area contributed by atoms with Crippen molar-refractivity contribution >= 4 is 11.7 Å². The number of carbonyl (C=O) groups is 1. The highest BCUT2D eigenvalue weighted by Crippen LogP contribution is 2.31. The zero-order valence-electron chi connectivity index (χ0n) is 11.0. The Balaban J connectivity index is 2.98. The highest BCUT2D eigenvalue weighted by Gasteiger charge is 2.18. The molecule has 0 bridgehead atoms. The van der Waals surface area contributed by atoms with Crippen LogP contribution >= 0.6 is 0 Å². The number of benzene rings is 1. The molecule has 0 aliphatic heterocycles. The van der Waals surface area contributed by atoms with Gasteiger partial charge in [0.2, 0.25) is 0 Å². The van der Waals surface area contributed by atoms with E-state index in [9.17, 15) is 14.9 Å². The van der Waals surface area contributed by atoms with Gasteiger partial charge in [-0.15, -0.1) is 0 Å². The lowest BCUT2D eigenvalue weighted by Gasteiger charge is -2.09. The standard InChI is InChI=1S/C13H15NO5/c1-8-6-10(3)12(11(7-8)14(17)18)19-5-4-9(2)13(15)16/h4,6-7H,5H2,1-3H3,(H,15,16). The summed E-state index contributed by atoms with van der Waals surface area (Å²) >= 11 is 0. The molecular weight excluding hydrogens is 250 g/mol. The van der Waals surface area contributed by atoms with E-state index in [1.54, 1.807) is 19.9 Å². The molecule has 0 saturated heterocycles. The molecule has 1 N–H and O–H groups in total. The van der Waals surface area contributed by atoms with Gasteiger partial charge in [-0.2, -0.15) is 0 Å². The molecular formula is C13H15NO5. The molecule has 1 aromatic rings. The van der Waals surface area contributed by atoms with Gasteiger partial charge in [-0.1, -0.05) is 6.07 Å². The fraction of sp³-hybridized carbons (Fsp3) is 0.308. The fourth-order valence-corrected chi connectivity index (χ4v) is 1.59. The Morgan fingerprint density at radius 2 is 2.11 bits per heavy atom. The van der Waals surface area contributed by atoms with Gasteiger partial charge in [-0.3, -0.25) is 10.1 Å². The number of rotatable bonds is 5. The third kappa shape index (κ3) is 3.80. The first kappa shape index (κ1) is 14.7. The Morgan fingerprint density at radius 3 is 2.63 bits per heavy atom. The summed E-state index contributed by atoms with van der Waals surface area (Å²) in [4.78, 5) is 21.0. The zero-order valence-corrected chi connectivity index (χ0v) is 11.0.